The highest BCUT2D eigenvalue weighted by Crippen LogP contribution is 2.28. The van der Waals surface area contributed by atoms with Crippen molar-refractivity contribution < 1.29 is 14.3 Å². The van der Waals surface area contributed by atoms with Gasteiger partial charge in [0.2, 0.25) is 0 Å². The summed E-state index contributed by atoms with van der Waals surface area (Å²) in [4.78, 5) is 11.0. The summed E-state index contributed by atoms with van der Waals surface area (Å²) in [5.74, 6) is 1.30. The molecule has 1 rings (SSSR count). The molecule has 0 fully saturated rings. The first-order valence-electron chi connectivity index (χ1n) is 4.96. The molecule has 0 saturated heterocycles. The fourth-order valence-corrected chi connectivity index (χ4v) is 1.55. The number of aryl methyl sites for hydroxylation is 1. The number of rotatable bonds is 5. The number of hydrogen-bond donors (Lipinski definition) is 0. The molecule has 82 valence electrons. The summed E-state index contributed by atoms with van der Waals surface area (Å²) in [5.41, 5.74) is 1.60. The zero-order valence-corrected chi connectivity index (χ0v) is 9.37. The van der Waals surface area contributed by atoms with Crippen LogP contribution >= 0.6 is 0 Å². The molecule has 15 heavy (non-hydrogen) atoms. The fraction of sp³-hybridized carbons (Fsp3) is 0.417. The normalized spacial score (nSPS) is 9.80. The van der Waals surface area contributed by atoms with Gasteiger partial charge < -0.3 is 9.47 Å². The second kappa shape index (κ2) is 5.39. The van der Waals surface area contributed by atoms with Gasteiger partial charge in [0.05, 0.1) is 19.8 Å². The van der Waals surface area contributed by atoms with E-state index in [4.69, 9.17) is 9.47 Å². The van der Waals surface area contributed by atoms with Gasteiger partial charge in [0.25, 0.3) is 0 Å². The van der Waals surface area contributed by atoms with E-state index < -0.39 is 0 Å². The van der Waals surface area contributed by atoms with Gasteiger partial charge in [0.15, 0.2) is 6.29 Å². The minimum absolute atomic E-state index is 0.577. The van der Waals surface area contributed by atoms with Gasteiger partial charge in [-0.05, 0) is 18.1 Å². The molecule has 3 nitrogen and oxygen atoms in total. The number of benzene rings is 1. The van der Waals surface area contributed by atoms with E-state index in [2.05, 4.69) is 6.92 Å². The summed E-state index contributed by atoms with van der Waals surface area (Å²) in [6.07, 6.45) is 2.67. The van der Waals surface area contributed by atoms with Crippen LogP contribution in [0.4, 0.5) is 0 Å². The maximum atomic E-state index is 11.0. The standard InChI is InChI=1S/C12H16O3/c1-4-5-9-6-10(14-2)7-12(15-3)11(9)8-13/h6-8H,4-5H2,1-3H3. The van der Waals surface area contributed by atoms with E-state index in [1.165, 1.54) is 0 Å². The fourth-order valence-electron chi connectivity index (χ4n) is 1.55. The molecule has 0 aliphatic carbocycles. The van der Waals surface area contributed by atoms with E-state index in [9.17, 15) is 4.79 Å². The lowest BCUT2D eigenvalue weighted by Crippen LogP contribution is -1.98. The zero-order chi connectivity index (χ0) is 11.3. The van der Waals surface area contributed by atoms with Crippen molar-refractivity contribution >= 4 is 6.29 Å². The van der Waals surface area contributed by atoms with Crippen LogP contribution in [0.5, 0.6) is 11.5 Å². The summed E-state index contributed by atoms with van der Waals surface area (Å²) in [6, 6.07) is 3.61. The molecular formula is C12H16O3. The number of ether oxygens (including phenoxy) is 2. The minimum atomic E-state index is 0.577. The number of carbonyl (C=O) groups is 1. The van der Waals surface area contributed by atoms with Crippen molar-refractivity contribution in [3.63, 3.8) is 0 Å². The topological polar surface area (TPSA) is 35.5 Å². The zero-order valence-electron chi connectivity index (χ0n) is 9.37. The highest BCUT2D eigenvalue weighted by atomic mass is 16.5. The van der Waals surface area contributed by atoms with E-state index >= 15 is 0 Å². The third kappa shape index (κ3) is 2.49. The maximum absolute atomic E-state index is 11.0. The molecule has 0 radical (unpaired) electrons. The van der Waals surface area contributed by atoms with Gasteiger partial charge in [-0.1, -0.05) is 13.3 Å². The van der Waals surface area contributed by atoms with Crippen LogP contribution in [0, 0.1) is 0 Å². The van der Waals surface area contributed by atoms with Crippen LogP contribution < -0.4 is 9.47 Å². The molecule has 0 atom stereocenters. The van der Waals surface area contributed by atoms with Crippen LogP contribution in [0.25, 0.3) is 0 Å². The summed E-state index contributed by atoms with van der Waals surface area (Å²) in [6.45, 7) is 2.07. The summed E-state index contributed by atoms with van der Waals surface area (Å²) >= 11 is 0. The van der Waals surface area contributed by atoms with Gasteiger partial charge >= 0.3 is 0 Å². The van der Waals surface area contributed by atoms with Crippen LogP contribution in [-0.4, -0.2) is 20.5 Å². The molecule has 1 aromatic carbocycles. The van der Waals surface area contributed by atoms with E-state index in [1.54, 1.807) is 20.3 Å². The molecule has 0 aliphatic heterocycles. The van der Waals surface area contributed by atoms with Crippen molar-refractivity contribution in [2.24, 2.45) is 0 Å². The molecule has 0 aliphatic rings. The Kier molecular flexibility index (Phi) is 4.16. The Morgan fingerprint density at radius 1 is 1.27 bits per heavy atom. The molecule has 3 heteroatoms. The predicted molar refractivity (Wildman–Crippen MR) is 58.9 cm³/mol. The van der Waals surface area contributed by atoms with E-state index in [-0.39, 0.29) is 0 Å². The van der Waals surface area contributed by atoms with Crippen molar-refractivity contribution in [1.82, 2.24) is 0 Å². The van der Waals surface area contributed by atoms with Crippen molar-refractivity contribution in [2.75, 3.05) is 14.2 Å². The largest absolute Gasteiger partial charge is 0.497 e. The smallest absolute Gasteiger partial charge is 0.154 e. The number of methoxy groups -OCH3 is 2. The van der Waals surface area contributed by atoms with Gasteiger partial charge in [0, 0.05) is 6.07 Å². The third-order valence-corrected chi connectivity index (χ3v) is 2.29. The Bertz CT molecular complexity index is 345. The quantitative estimate of drug-likeness (QED) is 0.697. The Labute approximate surface area is 90.0 Å². The highest BCUT2D eigenvalue weighted by molar-refractivity contribution is 5.82. The van der Waals surface area contributed by atoms with Crippen LogP contribution in [0.3, 0.4) is 0 Å². The van der Waals surface area contributed by atoms with E-state index in [0.717, 1.165) is 30.4 Å². The Morgan fingerprint density at radius 2 is 2.00 bits per heavy atom. The molecular weight excluding hydrogens is 192 g/mol. The Morgan fingerprint density at radius 3 is 2.47 bits per heavy atom. The molecule has 0 N–H and O–H groups in total. The molecule has 0 bridgehead atoms. The first-order chi connectivity index (χ1) is 7.26. The predicted octanol–water partition coefficient (Wildman–Crippen LogP) is 2.47. The van der Waals surface area contributed by atoms with Gasteiger partial charge in [0.1, 0.15) is 11.5 Å². The average molecular weight is 208 g/mol. The second-order valence-corrected chi connectivity index (χ2v) is 3.27. The minimum Gasteiger partial charge on any atom is -0.497 e. The lowest BCUT2D eigenvalue weighted by Gasteiger charge is -2.11. The maximum Gasteiger partial charge on any atom is 0.154 e. The van der Waals surface area contributed by atoms with Crippen molar-refractivity contribution in [3.05, 3.63) is 23.3 Å². The molecule has 0 aromatic heterocycles. The van der Waals surface area contributed by atoms with Crippen LogP contribution in [-0.2, 0) is 6.42 Å². The lowest BCUT2D eigenvalue weighted by atomic mass is 10.0. The SMILES string of the molecule is CCCc1cc(OC)cc(OC)c1C=O. The second-order valence-electron chi connectivity index (χ2n) is 3.27. The third-order valence-electron chi connectivity index (χ3n) is 2.29. The van der Waals surface area contributed by atoms with Gasteiger partial charge in [-0.15, -0.1) is 0 Å². The van der Waals surface area contributed by atoms with Crippen LogP contribution in [0.1, 0.15) is 29.3 Å². The van der Waals surface area contributed by atoms with Crippen LogP contribution in [0.2, 0.25) is 0 Å². The molecule has 1 aromatic rings. The van der Waals surface area contributed by atoms with Gasteiger partial charge in [-0.3, -0.25) is 4.79 Å². The van der Waals surface area contributed by atoms with E-state index in [1.807, 2.05) is 6.07 Å². The average Bonchev–Trinajstić information content (AvgIpc) is 2.28. The highest BCUT2D eigenvalue weighted by Gasteiger charge is 2.10. The van der Waals surface area contributed by atoms with Crippen molar-refractivity contribution in [2.45, 2.75) is 19.8 Å². The number of hydrogen-bond acceptors (Lipinski definition) is 3. The lowest BCUT2D eigenvalue weighted by molar-refractivity contribution is 0.111. The first kappa shape index (κ1) is 11.6. The van der Waals surface area contributed by atoms with Crippen molar-refractivity contribution in [1.29, 1.82) is 0 Å². The number of aldehydes is 1. The van der Waals surface area contributed by atoms with Crippen LogP contribution in [0.15, 0.2) is 12.1 Å². The Balaban J connectivity index is 3.25. The monoisotopic (exact) mass is 208 g/mol. The number of carbonyl (C=O) groups excluding carboxylic acids is 1. The van der Waals surface area contributed by atoms with Crippen molar-refractivity contribution in [3.8, 4) is 11.5 Å². The summed E-state index contributed by atoms with van der Waals surface area (Å²) in [7, 11) is 3.16. The Hall–Kier alpha value is -1.51. The molecule has 0 spiro atoms. The summed E-state index contributed by atoms with van der Waals surface area (Å²) in [5, 5.41) is 0. The summed E-state index contributed by atoms with van der Waals surface area (Å²) < 4.78 is 10.3. The first-order valence-corrected chi connectivity index (χ1v) is 4.96. The molecule has 0 amide bonds. The molecule has 0 heterocycles. The molecule has 0 saturated carbocycles. The molecule has 0 unspecified atom stereocenters. The van der Waals surface area contributed by atoms with Gasteiger partial charge in [-0.25, -0.2) is 0 Å². The van der Waals surface area contributed by atoms with E-state index in [0.29, 0.717) is 11.3 Å². The van der Waals surface area contributed by atoms with Gasteiger partial charge in [-0.2, -0.15) is 0 Å².